The highest BCUT2D eigenvalue weighted by atomic mass is 35.5. The SMILES string of the molecule is COCc1c(F)cc(C(=O)OC(C)(C)C)cc1Cl. The molecular weight excluding hydrogens is 259 g/mol. The van der Waals surface area contributed by atoms with E-state index in [-0.39, 0.29) is 22.8 Å². The summed E-state index contributed by atoms with van der Waals surface area (Å²) in [6.45, 7) is 5.27. The van der Waals surface area contributed by atoms with Gasteiger partial charge in [0.15, 0.2) is 0 Å². The maximum atomic E-state index is 13.7. The van der Waals surface area contributed by atoms with Crippen molar-refractivity contribution in [3.63, 3.8) is 0 Å². The molecule has 5 heteroatoms. The van der Waals surface area contributed by atoms with Gasteiger partial charge in [0.2, 0.25) is 0 Å². The summed E-state index contributed by atoms with van der Waals surface area (Å²) in [5, 5.41) is 0.151. The highest BCUT2D eigenvalue weighted by molar-refractivity contribution is 6.31. The van der Waals surface area contributed by atoms with E-state index in [0.29, 0.717) is 0 Å². The minimum atomic E-state index is -0.634. The number of halogens is 2. The fourth-order valence-electron chi connectivity index (χ4n) is 1.34. The molecule has 0 saturated carbocycles. The number of carbonyl (C=O) groups is 1. The molecule has 0 saturated heterocycles. The van der Waals surface area contributed by atoms with Crippen molar-refractivity contribution in [3.05, 3.63) is 34.1 Å². The van der Waals surface area contributed by atoms with E-state index in [1.165, 1.54) is 13.2 Å². The molecule has 0 spiro atoms. The highest BCUT2D eigenvalue weighted by Crippen LogP contribution is 2.23. The standard InChI is InChI=1S/C13H16ClFO3/c1-13(2,3)18-12(16)8-5-10(14)9(7-17-4)11(15)6-8/h5-6H,7H2,1-4H3. The first-order chi connectivity index (χ1) is 8.24. The first-order valence-electron chi connectivity index (χ1n) is 5.45. The summed E-state index contributed by atoms with van der Waals surface area (Å²) < 4.78 is 23.7. The molecule has 0 bridgehead atoms. The van der Waals surface area contributed by atoms with Crippen LogP contribution in [0.25, 0.3) is 0 Å². The minimum absolute atomic E-state index is 0.0548. The second-order valence-electron chi connectivity index (χ2n) is 4.85. The van der Waals surface area contributed by atoms with Gasteiger partial charge in [-0.05, 0) is 32.9 Å². The Hall–Kier alpha value is -1.13. The maximum absolute atomic E-state index is 13.7. The lowest BCUT2D eigenvalue weighted by molar-refractivity contribution is 0.00689. The smallest absolute Gasteiger partial charge is 0.338 e. The molecule has 0 fully saturated rings. The van der Waals surface area contributed by atoms with Crippen molar-refractivity contribution >= 4 is 17.6 Å². The van der Waals surface area contributed by atoms with E-state index in [1.807, 2.05) is 0 Å². The molecular formula is C13H16ClFO3. The van der Waals surface area contributed by atoms with Crippen LogP contribution in [-0.2, 0) is 16.1 Å². The summed E-state index contributed by atoms with van der Waals surface area (Å²) in [5.41, 5.74) is -0.315. The van der Waals surface area contributed by atoms with E-state index >= 15 is 0 Å². The van der Waals surface area contributed by atoms with Gasteiger partial charge >= 0.3 is 5.97 Å². The Kier molecular flexibility index (Phi) is 4.71. The summed E-state index contributed by atoms with van der Waals surface area (Å²) in [7, 11) is 1.44. The fraction of sp³-hybridized carbons (Fsp3) is 0.462. The Bertz CT molecular complexity index is 429. The number of carbonyl (C=O) groups excluding carboxylic acids is 1. The van der Waals surface area contributed by atoms with Gasteiger partial charge in [0.25, 0.3) is 0 Å². The fourth-order valence-corrected chi connectivity index (χ4v) is 1.60. The van der Waals surface area contributed by atoms with Crippen LogP contribution in [0.5, 0.6) is 0 Å². The van der Waals surface area contributed by atoms with E-state index in [4.69, 9.17) is 21.1 Å². The number of hydrogen-bond acceptors (Lipinski definition) is 3. The molecule has 0 amide bonds. The molecule has 3 nitrogen and oxygen atoms in total. The van der Waals surface area contributed by atoms with Crippen molar-refractivity contribution in [1.82, 2.24) is 0 Å². The van der Waals surface area contributed by atoms with Crippen LogP contribution in [0.1, 0.15) is 36.7 Å². The third-order valence-electron chi connectivity index (χ3n) is 2.06. The normalized spacial score (nSPS) is 11.4. The lowest BCUT2D eigenvalue weighted by Gasteiger charge is -2.19. The minimum Gasteiger partial charge on any atom is -0.456 e. The van der Waals surface area contributed by atoms with Crippen LogP contribution in [0.3, 0.4) is 0 Å². The molecule has 1 aromatic carbocycles. The van der Waals surface area contributed by atoms with Crippen molar-refractivity contribution in [1.29, 1.82) is 0 Å². The van der Waals surface area contributed by atoms with E-state index < -0.39 is 17.4 Å². The first kappa shape index (κ1) is 14.9. The zero-order chi connectivity index (χ0) is 13.9. The summed E-state index contributed by atoms with van der Waals surface area (Å²) in [6.07, 6.45) is 0. The van der Waals surface area contributed by atoms with Crippen molar-refractivity contribution in [2.24, 2.45) is 0 Å². The van der Waals surface area contributed by atoms with Crippen LogP contribution in [0.4, 0.5) is 4.39 Å². The molecule has 0 aliphatic rings. The van der Waals surface area contributed by atoms with Gasteiger partial charge < -0.3 is 9.47 Å². The van der Waals surface area contributed by atoms with Gasteiger partial charge in [-0.2, -0.15) is 0 Å². The van der Waals surface area contributed by atoms with Gasteiger partial charge in [0.1, 0.15) is 11.4 Å². The first-order valence-corrected chi connectivity index (χ1v) is 5.82. The summed E-state index contributed by atoms with van der Waals surface area (Å²) >= 11 is 5.90. The number of ether oxygens (including phenoxy) is 2. The Morgan fingerprint density at radius 2 is 2.00 bits per heavy atom. The molecule has 1 rings (SSSR count). The molecule has 0 heterocycles. The number of hydrogen-bond donors (Lipinski definition) is 0. The third kappa shape index (κ3) is 3.96. The van der Waals surface area contributed by atoms with E-state index in [9.17, 15) is 9.18 Å². The summed E-state index contributed by atoms with van der Waals surface area (Å²) in [4.78, 5) is 11.8. The average Bonchev–Trinajstić information content (AvgIpc) is 2.20. The molecule has 0 aliphatic carbocycles. The van der Waals surface area contributed by atoms with Gasteiger partial charge in [0.05, 0.1) is 12.2 Å². The van der Waals surface area contributed by atoms with Crippen molar-refractivity contribution in [3.8, 4) is 0 Å². The molecule has 100 valence electrons. The molecule has 0 unspecified atom stereocenters. The zero-order valence-corrected chi connectivity index (χ0v) is 11.6. The van der Waals surface area contributed by atoms with Crippen LogP contribution >= 0.6 is 11.6 Å². The number of benzene rings is 1. The maximum Gasteiger partial charge on any atom is 0.338 e. The van der Waals surface area contributed by atoms with Crippen LogP contribution < -0.4 is 0 Å². The Balaban J connectivity index is 3.03. The molecule has 0 aromatic heterocycles. The van der Waals surface area contributed by atoms with Gasteiger partial charge in [-0.15, -0.1) is 0 Å². The van der Waals surface area contributed by atoms with E-state index in [0.717, 1.165) is 6.07 Å². The number of rotatable bonds is 3. The van der Waals surface area contributed by atoms with E-state index in [2.05, 4.69) is 0 Å². The topological polar surface area (TPSA) is 35.5 Å². The van der Waals surface area contributed by atoms with Crippen LogP contribution in [0.2, 0.25) is 5.02 Å². The molecule has 0 N–H and O–H groups in total. The molecule has 18 heavy (non-hydrogen) atoms. The summed E-state index contributed by atoms with van der Waals surface area (Å²) in [6, 6.07) is 2.49. The van der Waals surface area contributed by atoms with Crippen molar-refractivity contribution < 1.29 is 18.7 Å². The van der Waals surface area contributed by atoms with Crippen molar-refractivity contribution in [2.45, 2.75) is 33.0 Å². The van der Waals surface area contributed by atoms with Gasteiger partial charge in [-0.3, -0.25) is 0 Å². The largest absolute Gasteiger partial charge is 0.456 e. The number of esters is 1. The Morgan fingerprint density at radius 1 is 1.39 bits per heavy atom. The lowest BCUT2D eigenvalue weighted by Crippen LogP contribution is -2.24. The predicted octanol–water partition coefficient (Wildman–Crippen LogP) is 3.58. The van der Waals surface area contributed by atoms with Crippen LogP contribution in [-0.4, -0.2) is 18.7 Å². The highest BCUT2D eigenvalue weighted by Gasteiger charge is 2.20. The van der Waals surface area contributed by atoms with Gasteiger partial charge in [-0.1, -0.05) is 11.6 Å². The molecule has 0 radical (unpaired) electrons. The molecule has 0 atom stereocenters. The quantitative estimate of drug-likeness (QED) is 0.791. The van der Waals surface area contributed by atoms with Gasteiger partial charge in [0, 0.05) is 17.7 Å². The van der Waals surface area contributed by atoms with Gasteiger partial charge in [-0.25, -0.2) is 9.18 Å². The molecule has 0 aliphatic heterocycles. The Labute approximate surface area is 111 Å². The monoisotopic (exact) mass is 274 g/mol. The molecule has 1 aromatic rings. The average molecular weight is 275 g/mol. The second kappa shape index (κ2) is 5.67. The van der Waals surface area contributed by atoms with Crippen LogP contribution in [0, 0.1) is 5.82 Å². The van der Waals surface area contributed by atoms with Crippen molar-refractivity contribution in [2.75, 3.05) is 7.11 Å². The number of methoxy groups -OCH3 is 1. The lowest BCUT2D eigenvalue weighted by atomic mass is 10.1. The van der Waals surface area contributed by atoms with E-state index in [1.54, 1.807) is 20.8 Å². The van der Waals surface area contributed by atoms with Crippen LogP contribution in [0.15, 0.2) is 12.1 Å². The zero-order valence-electron chi connectivity index (χ0n) is 10.8. The second-order valence-corrected chi connectivity index (χ2v) is 5.26. The predicted molar refractivity (Wildman–Crippen MR) is 67.3 cm³/mol. The Morgan fingerprint density at radius 3 is 2.44 bits per heavy atom. The summed E-state index contributed by atoms with van der Waals surface area (Å²) in [5.74, 6) is -1.18. The third-order valence-corrected chi connectivity index (χ3v) is 2.40.